The summed E-state index contributed by atoms with van der Waals surface area (Å²) in [5.41, 5.74) is 1.72. The molecule has 1 unspecified atom stereocenters. The lowest BCUT2D eigenvalue weighted by molar-refractivity contribution is -0.138. The Morgan fingerprint density at radius 2 is 1.93 bits per heavy atom. The number of aryl methyl sites for hydroxylation is 1. The molecule has 152 valence electrons. The standard InChI is InChI=1S/C20H29N5O3/c1-15(14-28-3)25-18(22-17-6-5-9-21-20(17)25)7-4-8-19(27)24-12-10-23(11-13-24)16(2)26/h5-6,9,15H,4,7-8,10-14H2,1-3H3. The number of carbonyl (C=O) groups is 2. The smallest absolute Gasteiger partial charge is 0.222 e. The molecule has 3 rings (SSSR count). The van der Waals surface area contributed by atoms with E-state index in [1.807, 2.05) is 17.0 Å². The molecule has 0 radical (unpaired) electrons. The van der Waals surface area contributed by atoms with Gasteiger partial charge in [0.2, 0.25) is 11.8 Å². The molecule has 8 heteroatoms. The first-order valence-corrected chi connectivity index (χ1v) is 9.85. The molecule has 1 saturated heterocycles. The van der Waals surface area contributed by atoms with Crippen molar-refractivity contribution in [2.45, 2.75) is 39.2 Å². The number of pyridine rings is 1. The Labute approximate surface area is 165 Å². The molecule has 8 nitrogen and oxygen atoms in total. The van der Waals surface area contributed by atoms with Crippen molar-refractivity contribution in [3.63, 3.8) is 0 Å². The van der Waals surface area contributed by atoms with E-state index >= 15 is 0 Å². The lowest BCUT2D eigenvalue weighted by Crippen LogP contribution is -2.50. The van der Waals surface area contributed by atoms with Crippen LogP contribution in [0.15, 0.2) is 18.3 Å². The molecule has 28 heavy (non-hydrogen) atoms. The first-order valence-electron chi connectivity index (χ1n) is 9.85. The van der Waals surface area contributed by atoms with Crippen molar-refractivity contribution in [1.29, 1.82) is 0 Å². The highest BCUT2D eigenvalue weighted by molar-refractivity contribution is 5.77. The summed E-state index contributed by atoms with van der Waals surface area (Å²) >= 11 is 0. The van der Waals surface area contributed by atoms with Crippen LogP contribution >= 0.6 is 0 Å². The van der Waals surface area contributed by atoms with Gasteiger partial charge in [0.05, 0.1) is 12.6 Å². The van der Waals surface area contributed by atoms with E-state index < -0.39 is 0 Å². The molecule has 1 atom stereocenters. The van der Waals surface area contributed by atoms with Crippen LogP contribution in [0, 0.1) is 0 Å². The molecule has 0 spiro atoms. The van der Waals surface area contributed by atoms with Gasteiger partial charge in [-0.3, -0.25) is 9.59 Å². The molecule has 1 aliphatic heterocycles. The van der Waals surface area contributed by atoms with Crippen LogP contribution in [0.1, 0.15) is 38.6 Å². The Kier molecular flexibility index (Phi) is 6.61. The Morgan fingerprint density at radius 3 is 2.61 bits per heavy atom. The van der Waals surface area contributed by atoms with Crippen molar-refractivity contribution in [2.24, 2.45) is 0 Å². The summed E-state index contributed by atoms with van der Waals surface area (Å²) in [7, 11) is 1.69. The summed E-state index contributed by atoms with van der Waals surface area (Å²) in [6, 6.07) is 3.96. The van der Waals surface area contributed by atoms with Crippen LogP contribution < -0.4 is 0 Å². The molecular formula is C20H29N5O3. The Balaban J connectivity index is 1.60. The minimum absolute atomic E-state index is 0.0739. The van der Waals surface area contributed by atoms with Crippen LogP contribution in [0.4, 0.5) is 0 Å². The molecule has 3 heterocycles. The van der Waals surface area contributed by atoms with Crippen LogP contribution in [0.5, 0.6) is 0 Å². The molecule has 0 aliphatic carbocycles. The Morgan fingerprint density at radius 1 is 1.21 bits per heavy atom. The van der Waals surface area contributed by atoms with E-state index in [-0.39, 0.29) is 17.9 Å². The Hall–Kier alpha value is -2.48. The number of ether oxygens (including phenoxy) is 1. The summed E-state index contributed by atoms with van der Waals surface area (Å²) in [4.78, 5) is 36.8. The van der Waals surface area contributed by atoms with E-state index in [2.05, 4.69) is 16.5 Å². The minimum Gasteiger partial charge on any atom is -0.383 e. The van der Waals surface area contributed by atoms with Crippen molar-refractivity contribution in [2.75, 3.05) is 39.9 Å². The van der Waals surface area contributed by atoms with E-state index in [0.29, 0.717) is 45.6 Å². The van der Waals surface area contributed by atoms with Gasteiger partial charge in [-0.25, -0.2) is 9.97 Å². The number of piperazine rings is 1. The molecule has 0 bridgehead atoms. The average Bonchev–Trinajstić information content (AvgIpc) is 3.06. The fraction of sp³-hybridized carbons (Fsp3) is 0.600. The molecular weight excluding hydrogens is 358 g/mol. The second kappa shape index (κ2) is 9.14. The lowest BCUT2D eigenvalue weighted by atomic mass is 10.2. The number of rotatable bonds is 7. The fourth-order valence-electron chi connectivity index (χ4n) is 3.76. The van der Waals surface area contributed by atoms with Crippen molar-refractivity contribution >= 4 is 23.0 Å². The van der Waals surface area contributed by atoms with Gasteiger partial charge in [0.1, 0.15) is 11.3 Å². The summed E-state index contributed by atoms with van der Waals surface area (Å²) in [5.74, 6) is 1.16. The monoisotopic (exact) mass is 387 g/mol. The molecule has 1 aliphatic rings. The third-order valence-corrected chi connectivity index (χ3v) is 5.24. The fourth-order valence-corrected chi connectivity index (χ4v) is 3.76. The minimum atomic E-state index is 0.0739. The zero-order chi connectivity index (χ0) is 20.1. The highest BCUT2D eigenvalue weighted by Gasteiger charge is 2.22. The SMILES string of the molecule is COCC(C)n1c(CCCC(=O)N2CCN(C(C)=O)CC2)nc2cccnc21. The number of carbonyl (C=O) groups excluding carboxylic acids is 2. The van der Waals surface area contributed by atoms with Gasteiger partial charge in [-0.15, -0.1) is 0 Å². The number of hydrogen-bond donors (Lipinski definition) is 0. The molecule has 2 amide bonds. The second-order valence-electron chi connectivity index (χ2n) is 7.29. The first kappa shape index (κ1) is 20.3. The van der Waals surface area contributed by atoms with Gasteiger partial charge >= 0.3 is 0 Å². The summed E-state index contributed by atoms with van der Waals surface area (Å²) < 4.78 is 7.43. The van der Waals surface area contributed by atoms with Gasteiger partial charge < -0.3 is 19.1 Å². The molecule has 0 N–H and O–H groups in total. The van der Waals surface area contributed by atoms with E-state index in [1.165, 1.54) is 0 Å². The highest BCUT2D eigenvalue weighted by Crippen LogP contribution is 2.21. The highest BCUT2D eigenvalue weighted by atomic mass is 16.5. The summed E-state index contributed by atoms with van der Waals surface area (Å²) in [6.07, 6.45) is 3.70. The number of aromatic nitrogens is 3. The predicted octanol–water partition coefficient (Wildman–Crippen LogP) is 1.65. The van der Waals surface area contributed by atoms with Gasteiger partial charge in [0.15, 0.2) is 5.65 Å². The molecule has 2 aromatic rings. The average molecular weight is 387 g/mol. The normalized spacial score (nSPS) is 15.8. The summed E-state index contributed by atoms with van der Waals surface area (Å²) in [6.45, 7) is 6.71. The zero-order valence-electron chi connectivity index (χ0n) is 16.9. The summed E-state index contributed by atoms with van der Waals surface area (Å²) in [5, 5.41) is 0. The number of imidazole rings is 1. The third-order valence-electron chi connectivity index (χ3n) is 5.24. The van der Waals surface area contributed by atoms with Gasteiger partial charge in [-0.2, -0.15) is 0 Å². The zero-order valence-corrected chi connectivity index (χ0v) is 16.9. The molecule has 2 aromatic heterocycles. The van der Waals surface area contributed by atoms with Crippen LogP contribution in [0.3, 0.4) is 0 Å². The largest absolute Gasteiger partial charge is 0.383 e. The van der Waals surface area contributed by atoms with E-state index in [9.17, 15) is 9.59 Å². The van der Waals surface area contributed by atoms with Gasteiger partial charge in [-0.05, 0) is 25.5 Å². The quantitative estimate of drug-likeness (QED) is 0.722. The second-order valence-corrected chi connectivity index (χ2v) is 7.29. The van der Waals surface area contributed by atoms with E-state index in [4.69, 9.17) is 9.72 Å². The van der Waals surface area contributed by atoms with E-state index in [0.717, 1.165) is 23.4 Å². The molecule has 0 aromatic carbocycles. The van der Waals surface area contributed by atoms with Crippen molar-refractivity contribution in [3.8, 4) is 0 Å². The lowest BCUT2D eigenvalue weighted by Gasteiger charge is -2.34. The van der Waals surface area contributed by atoms with Gasteiger partial charge in [0.25, 0.3) is 0 Å². The topological polar surface area (TPSA) is 80.6 Å². The molecule has 1 fully saturated rings. The number of methoxy groups -OCH3 is 1. The maximum Gasteiger partial charge on any atom is 0.222 e. The number of nitrogens with zero attached hydrogens (tertiary/aromatic N) is 5. The van der Waals surface area contributed by atoms with Crippen LogP contribution in [-0.4, -0.2) is 76.0 Å². The maximum atomic E-state index is 12.5. The third kappa shape index (κ3) is 4.49. The van der Waals surface area contributed by atoms with Crippen molar-refractivity contribution in [3.05, 3.63) is 24.2 Å². The van der Waals surface area contributed by atoms with Crippen LogP contribution in [-0.2, 0) is 20.7 Å². The number of amides is 2. The van der Waals surface area contributed by atoms with Crippen molar-refractivity contribution < 1.29 is 14.3 Å². The van der Waals surface area contributed by atoms with E-state index in [1.54, 1.807) is 25.1 Å². The number of fused-ring (bicyclic) bond motifs is 1. The van der Waals surface area contributed by atoms with Gasteiger partial charge in [-0.1, -0.05) is 0 Å². The predicted molar refractivity (Wildman–Crippen MR) is 106 cm³/mol. The number of hydrogen-bond acceptors (Lipinski definition) is 5. The van der Waals surface area contributed by atoms with Crippen LogP contribution in [0.2, 0.25) is 0 Å². The van der Waals surface area contributed by atoms with Gasteiger partial charge in [0, 0.05) is 59.3 Å². The Bertz CT molecular complexity index is 826. The first-order chi connectivity index (χ1) is 13.5. The maximum absolute atomic E-state index is 12.5. The van der Waals surface area contributed by atoms with Crippen molar-refractivity contribution in [1.82, 2.24) is 24.3 Å². The van der Waals surface area contributed by atoms with Crippen LogP contribution in [0.25, 0.3) is 11.2 Å². The molecule has 0 saturated carbocycles.